The maximum atomic E-state index is 13.2. The quantitative estimate of drug-likeness (QED) is 0.725. The predicted octanol–water partition coefficient (Wildman–Crippen LogP) is 4.79. The molecule has 2 aromatic rings. The molecule has 0 unspecified atom stereocenters. The molecule has 0 saturated heterocycles. The van der Waals surface area contributed by atoms with Crippen molar-refractivity contribution in [3.05, 3.63) is 54.6 Å². The minimum Gasteiger partial charge on any atom is -0.480 e. The van der Waals surface area contributed by atoms with Crippen LogP contribution in [0.25, 0.3) is 0 Å². The lowest BCUT2D eigenvalue weighted by molar-refractivity contribution is -0.141. The van der Waals surface area contributed by atoms with Gasteiger partial charge < -0.3 is 14.6 Å². The maximum Gasteiger partial charge on any atom is 0.419 e. The third-order valence-corrected chi connectivity index (χ3v) is 4.61. The molecule has 7 nitrogen and oxygen atoms in total. The van der Waals surface area contributed by atoms with E-state index in [0.29, 0.717) is 23.9 Å². The summed E-state index contributed by atoms with van der Waals surface area (Å²) in [6.07, 6.45) is 8.65. The largest absolute Gasteiger partial charge is 0.480 e. The van der Waals surface area contributed by atoms with Gasteiger partial charge >= 0.3 is 12.1 Å². The summed E-state index contributed by atoms with van der Waals surface area (Å²) in [7, 11) is 1.34. The van der Waals surface area contributed by atoms with Gasteiger partial charge in [0.2, 0.25) is 0 Å². The average Bonchev–Trinajstić information content (AvgIpc) is 2.76. The first-order valence-corrected chi connectivity index (χ1v) is 9.84. The molecule has 0 aliphatic heterocycles. The van der Waals surface area contributed by atoms with Crippen molar-refractivity contribution >= 4 is 23.4 Å². The van der Waals surface area contributed by atoms with E-state index in [2.05, 4.69) is 9.72 Å². The zero-order valence-corrected chi connectivity index (χ0v) is 17.0. The van der Waals surface area contributed by atoms with Gasteiger partial charge in [-0.3, -0.25) is 4.98 Å². The predicted molar refractivity (Wildman–Crippen MR) is 110 cm³/mol. The van der Waals surface area contributed by atoms with Gasteiger partial charge in [0.15, 0.2) is 0 Å². The van der Waals surface area contributed by atoms with E-state index in [1.54, 1.807) is 36.7 Å². The van der Waals surface area contributed by atoms with Gasteiger partial charge in [-0.1, -0.05) is 19.3 Å². The lowest BCUT2D eigenvalue weighted by Gasteiger charge is -2.25. The molecule has 1 aliphatic carbocycles. The molecule has 1 heterocycles. The van der Waals surface area contributed by atoms with Crippen molar-refractivity contribution < 1.29 is 28.6 Å². The van der Waals surface area contributed by atoms with Crippen LogP contribution in [0.5, 0.6) is 0 Å². The van der Waals surface area contributed by atoms with Gasteiger partial charge in [-0.15, -0.1) is 0 Å². The SMILES string of the molecule is COCC(=O)O.O=C(OCC1CCCCC1)N(c1ccc(F)cc1)c1cccnc1. The van der Waals surface area contributed by atoms with Crippen molar-refractivity contribution in [2.24, 2.45) is 5.92 Å². The molecule has 1 aromatic carbocycles. The number of aliphatic carboxylic acids is 1. The molecular formula is C22H27FN2O5. The van der Waals surface area contributed by atoms with Crippen LogP contribution in [0.1, 0.15) is 32.1 Å². The first-order valence-electron chi connectivity index (χ1n) is 9.84. The van der Waals surface area contributed by atoms with Gasteiger partial charge in [0, 0.05) is 13.3 Å². The second-order valence-electron chi connectivity index (χ2n) is 6.93. The zero-order valence-electron chi connectivity index (χ0n) is 17.0. The Hall–Kier alpha value is -3.00. The smallest absolute Gasteiger partial charge is 0.419 e. The molecule has 1 aliphatic rings. The van der Waals surface area contributed by atoms with E-state index < -0.39 is 12.1 Å². The van der Waals surface area contributed by atoms with E-state index in [0.717, 1.165) is 12.8 Å². The molecule has 0 atom stereocenters. The number of ether oxygens (including phenoxy) is 2. The molecule has 30 heavy (non-hydrogen) atoms. The van der Waals surface area contributed by atoms with Crippen molar-refractivity contribution in [1.82, 2.24) is 4.98 Å². The molecule has 1 amide bonds. The number of hydrogen-bond donors (Lipinski definition) is 1. The molecule has 1 fully saturated rings. The molecule has 0 radical (unpaired) electrons. The fourth-order valence-corrected chi connectivity index (χ4v) is 3.17. The Labute approximate surface area is 175 Å². The van der Waals surface area contributed by atoms with E-state index in [1.165, 1.54) is 43.4 Å². The number of carboxylic acid groups (broad SMARTS) is 1. The number of halogens is 1. The number of carboxylic acids is 1. The number of pyridine rings is 1. The highest BCUT2D eigenvalue weighted by molar-refractivity contribution is 5.95. The summed E-state index contributed by atoms with van der Waals surface area (Å²) in [6, 6.07) is 9.30. The van der Waals surface area contributed by atoms with E-state index in [-0.39, 0.29) is 12.4 Å². The summed E-state index contributed by atoms with van der Waals surface area (Å²) in [5.74, 6) is -0.843. The number of rotatable bonds is 6. The standard InChI is InChI=1S/C19H21FN2O2.C3H6O3/c20-16-8-10-17(11-9-16)22(18-7-4-12-21-13-18)19(23)24-14-15-5-2-1-3-6-15;1-6-2-3(4)5/h4,7-13,15H,1-3,5-6,14H2;2H2,1H3,(H,4,5). The van der Waals surface area contributed by atoms with E-state index in [1.807, 2.05) is 0 Å². The van der Waals surface area contributed by atoms with Gasteiger partial charge in [0.25, 0.3) is 0 Å². The summed E-state index contributed by atoms with van der Waals surface area (Å²) in [5.41, 5.74) is 1.15. The number of aromatic nitrogens is 1. The van der Waals surface area contributed by atoms with Gasteiger partial charge in [0.05, 0.1) is 24.2 Å². The average molecular weight is 418 g/mol. The lowest BCUT2D eigenvalue weighted by atomic mass is 9.90. The normalized spacial score (nSPS) is 13.7. The number of benzene rings is 1. The molecule has 1 aromatic heterocycles. The van der Waals surface area contributed by atoms with Crippen LogP contribution in [-0.4, -0.2) is 42.5 Å². The van der Waals surface area contributed by atoms with E-state index in [9.17, 15) is 14.0 Å². The zero-order chi connectivity index (χ0) is 21.8. The van der Waals surface area contributed by atoms with Crippen LogP contribution in [0, 0.1) is 11.7 Å². The fraction of sp³-hybridized carbons (Fsp3) is 0.409. The third-order valence-electron chi connectivity index (χ3n) is 4.61. The van der Waals surface area contributed by atoms with Gasteiger partial charge in [0.1, 0.15) is 12.4 Å². The lowest BCUT2D eigenvalue weighted by Crippen LogP contribution is -2.29. The topological polar surface area (TPSA) is 89.0 Å². The highest BCUT2D eigenvalue weighted by atomic mass is 19.1. The fourth-order valence-electron chi connectivity index (χ4n) is 3.17. The van der Waals surface area contributed by atoms with Gasteiger partial charge in [-0.2, -0.15) is 0 Å². The second kappa shape index (κ2) is 12.5. The Balaban J connectivity index is 0.000000469. The summed E-state index contributed by atoms with van der Waals surface area (Å²) in [4.78, 5) is 27.6. The number of carbonyl (C=O) groups excluding carboxylic acids is 1. The Kier molecular flexibility index (Phi) is 9.73. The molecule has 1 saturated carbocycles. The van der Waals surface area contributed by atoms with Crippen molar-refractivity contribution in [3.63, 3.8) is 0 Å². The molecule has 1 N–H and O–H groups in total. The van der Waals surface area contributed by atoms with Crippen LogP contribution < -0.4 is 4.90 Å². The number of anilines is 2. The molecule has 3 rings (SSSR count). The number of methoxy groups -OCH3 is 1. The van der Waals surface area contributed by atoms with E-state index >= 15 is 0 Å². The minimum atomic E-state index is -0.933. The molecule has 0 spiro atoms. The Morgan fingerprint density at radius 1 is 1.13 bits per heavy atom. The summed E-state index contributed by atoms with van der Waals surface area (Å²) < 4.78 is 22.9. The first-order chi connectivity index (χ1) is 14.5. The Morgan fingerprint density at radius 2 is 1.83 bits per heavy atom. The molecule has 8 heteroatoms. The first kappa shape index (κ1) is 23.3. The Bertz CT molecular complexity index is 780. The van der Waals surface area contributed by atoms with Crippen LogP contribution in [0.4, 0.5) is 20.6 Å². The van der Waals surface area contributed by atoms with Gasteiger partial charge in [-0.05, 0) is 55.2 Å². The molecule has 0 bridgehead atoms. The second-order valence-corrected chi connectivity index (χ2v) is 6.93. The number of amides is 1. The third kappa shape index (κ3) is 7.79. The van der Waals surface area contributed by atoms with Crippen LogP contribution in [0.3, 0.4) is 0 Å². The van der Waals surface area contributed by atoms with Crippen molar-refractivity contribution in [3.8, 4) is 0 Å². The number of carbonyl (C=O) groups is 2. The van der Waals surface area contributed by atoms with Crippen LogP contribution in [0.2, 0.25) is 0 Å². The highest BCUT2D eigenvalue weighted by Crippen LogP contribution is 2.27. The van der Waals surface area contributed by atoms with Crippen molar-refractivity contribution in [2.75, 3.05) is 25.2 Å². The monoisotopic (exact) mass is 418 g/mol. The van der Waals surface area contributed by atoms with Gasteiger partial charge in [-0.25, -0.2) is 18.9 Å². The summed E-state index contributed by atoms with van der Waals surface area (Å²) >= 11 is 0. The van der Waals surface area contributed by atoms with Crippen LogP contribution in [-0.2, 0) is 14.3 Å². The summed E-state index contributed by atoms with van der Waals surface area (Å²) in [5, 5.41) is 7.79. The minimum absolute atomic E-state index is 0.208. The molecular weight excluding hydrogens is 391 g/mol. The summed E-state index contributed by atoms with van der Waals surface area (Å²) in [6.45, 7) is 0.219. The molecule has 162 valence electrons. The number of hydrogen-bond acceptors (Lipinski definition) is 5. The highest BCUT2D eigenvalue weighted by Gasteiger charge is 2.22. The number of nitrogens with zero attached hydrogens (tertiary/aromatic N) is 2. The Morgan fingerprint density at radius 3 is 2.37 bits per heavy atom. The van der Waals surface area contributed by atoms with Crippen LogP contribution >= 0.6 is 0 Å². The van der Waals surface area contributed by atoms with E-state index in [4.69, 9.17) is 9.84 Å². The maximum absolute atomic E-state index is 13.2. The van der Waals surface area contributed by atoms with Crippen LogP contribution in [0.15, 0.2) is 48.8 Å². The van der Waals surface area contributed by atoms with Crippen molar-refractivity contribution in [1.29, 1.82) is 0 Å². The van der Waals surface area contributed by atoms with Crippen molar-refractivity contribution in [2.45, 2.75) is 32.1 Å².